The van der Waals surface area contributed by atoms with Crippen LogP contribution in [0.4, 0.5) is 0 Å². The van der Waals surface area contributed by atoms with E-state index < -0.39 is 0 Å². The van der Waals surface area contributed by atoms with Crippen molar-refractivity contribution in [2.45, 2.75) is 24.7 Å². The highest BCUT2D eigenvalue weighted by molar-refractivity contribution is 9.10. The molecule has 0 N–H and O–H groups in total. The molecule has 0 atom stereocenters. The van der Waals surface area contributed by atoms with Crippen molar-refractivity contribution < 1.29 is 9.59 Å². The number of piperidine rings is 1. The second-order valence-corrected chi connectivity index (χ2v) is 8.02. The number of hydrogen-bond donors (Lipinski definition) is 0. The van der Waals surface area contributed by atoms with Crippen molar-refractivity contribution in [2.75, 3.05) is 32.9 Å². The van der Waals surface area contributed by atoms with E-state index in [-0.39, 0.29) is 17.7 Å². The van der Waals surface area contributed by atoms with Gasteiger partial charge in [-0.25, -0.2) is 0 Å². The molecule has 1 fully saturated rings. The monoisotopic (exact) mass is 398 g/mol. The van der Waals surface area contributed by atoms with Crippen molar-refractivity contribution in [1.82, 2.24) is 9.80 Å². The van der Waals surface area contributed by atoms with Crippen LogP contribution in [-0.2, 0) is 9.59 Å². The van der Waals surface area contributed by atoms with Crippen LogP contribution >= 0.6 is 27.7 Å². The van der Waals surface area contributed by atoms with Gasteiger partial charge in [-0.1, -0.05) is 15.9 Å². The smallest absolute Gasteiger partial charge is 0.232 e. The van der Waals surface area contributed by atoms with Crippen LogP contribution in [0.3, 0.4) is 0 Å². The van der Waals surface area contributed by atoms with Gasteiger partial charge < -0.3 is 9.80 Å². The fourth-order valence-electron chi connectivity index (χ4n) is 2.75. The molecule has 1 aliphatic heterocycles. The number of amides is 2. The highest BCUT2D eigenvalue weighted by Gasteiger charge is 2.28. The van der Waals surface area contributed by atoms with Gasteiger partial charge in [0.25, 0.3) is 0 Å². The third-order valence-corrected chi connectivity index (χ3v) is 5.78. The number of nitrogens with zero attached hydrogens (tertiary/aromatic N) is 2. The van der Waals surface area contributed by atoms with Crippen molar-refractivity contribution in [1.29, 1.82) is 0 Å². The maximum atomic E-state index is 12.4. The number of rotatable bonds is 4. The Labute approximate surface area is 150 Å². The number of halogens is 1. The first-order valence-electron chi connectivity index (χ1n) is 7.76. The van der Waals surface area contributed by atoms with Gasteiger partial charge >= 0.3 is 0 Å². The van der Waals surface area contributed by atoms with Gasteiger partial charge in [0.1, 0.15) is 0 Å². The summed E-state index contributed by atoms with van der Waals surface area (Å²) in [6.45, 7) is 3.42. The molecule has 0 aliphatic carbocycles. The van der Waals surface area contributed by atoms with Crippen molar-refractivity contribution in [3.63, 3.8) is 0 Å². The number of likely N-dealkylation sites (tertiary alicyclic amines) is 1. The average Bonchev–Trinajstić information content (AvgIpc) is 2.53. The molecule has 0 aromatic heterocycles. The van der Waals surface area contributed by atoms with Gasteiger partial charge in [-0.3, -0.25) is 9.59 Å². The lowest BCUT2D eigenvalue weighted by atomic mass is 9.95. The molecule has 2 amide bonds. The number of aryl methyl sites for hydroxylation is 1. The van der Waals surface area contributed by atoms with Gasteiger partial charge in [-0.15, -0.1) is 11.8 Å². The Morgan fingerprint density at radius 3 is 2.52 bits per heavy atom. The van der Waals surface area contributed by atoms with E-state index in [1.165, 1.54) is 5.56 Å². The predicted octanol–water partition coefficient (Wildman–Crippen LogP) is 3.18. The molecule has 6 heteroatoms. The van der Waals surface area contributed by atoms with E-state index in [9.17, 15) is 9.59 Å². The summed E-state index contributed by atoms with van der Waals surface area (Å²) in [7, 11) is 3.58. The third kappa shape index (κ3) is 4.98. The van der Waals surface area contributed by atoms with Crippen molar-refractivity contribution in [2.24, 2.45) is 5.92 Å². The van der Waals surface area contributed by atoms with E-state index >= 15 is 0 Å². The van der Waals surface area contributed by atoms with Crippen molar-refractivity contribution in [3.8, 4) is 0 Å². The van der Waals surface area contributed by atoms with E-state index in [1.54, 1.807) is 30.8 Å². The Hall–Kier alpha value is -1.01. The van der Waals surface area contributed by atoms with Crippen molar-refractivity contribution >= 4 is 39.5 Å². The summed E-state index contributed by atoms with van der Waals surface area (Å²) >= 11 is 5.03. The Morgan fingerprint density at radius 1 is 1.30 bits per heavy atom. The van der Waals surface area contributed by atoms with E-state index in [0.717, 1.165) is 22.2 Å². The van der Waals surface area contributed by atoms with Gasteiger partial charge in [0, 0.05) is 42.5 Å². The highest BCUT2D eigenvalue weighted by atomic mass is 79.9. The topological polar surface area (TPSA) is 40.6 Å². The summed E-state index contributed by atoms with van der Waals surface area (Å²) in [5.74, 6) is 0.856. The van der Waals surface area contributed by atoms with E-state index in [2.05, 4.69) is 28.9 Å². The molecule has 23 heavy (non-hydrogen) atoms. The summed E-state index contributed by atoms with van der Waals surface area (Å²) < 4.78 is 1.05. The first kappa shape index (κ1) is 18.3. The number of carbonyl (C=O) groups is 2. The van der Waals surface area contributed by atoms with Crippen LogP contribution in [0.2, 0.25) is 0 Å². The Kier molecular flexibility index (Phi) is 6.53. The lowest BCUT2D eigenvalue weighted by molar-refractivity contribution is -0.138. The molecular weight excluding hydrogens is 376 g/mol. The second-order valence-electron chi connectivity index (χ2n) is 6.09. The predicted molar refractivity (Wildman–Crippen MR) is 97.6 cm³/mol. The molecule has 1 aliphatic rings. The Balaban J connectivity index is 1.82. The Bertz CT molecular complexity index is 584. The van der Waals surface area contributed by atoms with Crippen LogP contribution in [0.5, 0.6) is 0 Å². The first-order valence-corrected chi connectivity index (χ1v) is 9.54. The Morgan fingerprint density at radius 2 is 1.96 bits per heavy atom. The van der Waals surface area contributed by atoms with Crippen LogP contribution in [0.15, 0.2) is 27.6 Å². The minimum Gasteiger partial charge on any atom is -0.349 e. The summed E-state index contributed by atoms with van der Waals surface area (Å²) in [5.41, 5.74) is 1.17. The standard InChI is InChI=1S/C17H23BrN2O2S/c1-12-10-14(18)4-5-15(12)23-11-16(21)20-8-6-13(7-9-20)17(22)19(2)3/h4-5,10,13H,6-9,11H2,1-3H3. The summed E-state index contributed by atoms with van der Waals surface area (Å²) in [6.07, 6.45) is 1.54. The molecule has 0 unspecified atom stereocenters. The molecule has 0 bridgehead atoms. The zero-order chi connectivity index (χ0) is 17.0. The number of hydrogen-bond acceptors (Lipinski definition) is 3. The van der Waals surface area contributed by atoms with E-state index in [4.69, 9.17) is 0 Å². The van der Waals surface area contributed by atoms with E-state index in [0.29, 0.717) is 18.8 Å². The molecule has 2 rings (SSSR count). The van der Waals surface area contributed by atoms with E-state index in [1.807, 2.05) is 17.0 Å². The number of carbonyl (C=O) groups excluding carboxylic acids is 2. The highest BCUT2D eigenvalue weighted by Crippen LogP contribution is 2.26. The molecule has 0 spiro atoms. The molecule has 0 saturated carbocycles. The van der Waals surface area contributed by atoms with Crippen LogP contribution in [0, 0.1) is 12.8 Å². The fraction of sp³-hybridized carbons (Fsp3) is 0.529. The molecule has 126 valence electrons. The zero-order valence-corrected chi connectivity index (χ0v) is 16.2. The van der Waals surface area contributed by atoms with Crippen LogP contribution in [0.1, 0.15) is 18.4 Å². The van der Waals surface area contributed by atoms with Gasteiger partial charge in [-0.2, -0.15) is 0 Å². The van der Waals surface area contributed by atoms with Crippen LogP contribution in [0.25, 0.3) is 0 Å². The maximum absolute atomic E-state index is 12.4. The third-order valence-electron chi connectivity index (χ3n) is 4.13. The quantitative estimate of drug-likeness (QED) is 0.731. The molecule has 0 radical (unpaired) electrons. The molecule has 1 saturated heterocycles. The largest absolute Gasteiger partial charge is 0.349 e. The van der Waals surface area contributed by atoms with Gasteiger partial charge in [0.05, 0.1) is 5.75 Å². The van der Waals surface area contributed by atoms with Crippen molar-refractivity contribution in [3.05, 3.63) is 28.2 Å². The normalized spacial score (nSPS) is 15.6. The minimum absolute atomic E-state index is 0.0652. The molecule has 1 aromatic rings. The van der Waals surface area contributed by atoms with Gasteiger partial charge in [-0.05, 0) is 43.5 Å². The number of benzene rings is 1. The van der Waals surface area contributed by atoms with Crippen LogP contribution < -0.4 is 0 Å². The molecule has 4 nitrogen and oxygen atoms in total. The summed E-state index contributed by atoms with van der Waals surface area (Å²) in [6, 6.07) is 6.10. The fourth-order valence-corrected chi connectivity index (χ4v) is 4.13. The summed E-state index contributed by atoms with van der Waals surface area (Å²) in [4.78, 5) is 29.0. The average molecular weight is 399 g/mol. The van der Waals surface area contributed by atoms with Gasteiger partial charge in [0.2, 0.25) is 11.8 Å². The lowest BCUT2D eigenvalue weighted by Crippen LogP contribution is -2.43. The minimum atomic E-state index is 0.0652. The first-order chi connectivity index (χ1) is 10.9. The van der Waals surface area contributed by atoms with Crippen LogP contribution in [-0.4, -0.2) is 54.6 Å². The summed E-state index contributed by atoms with van der Waals surface area (Å²) in [5, 5.41) is 0. The molecule has 1 aromatic carbocycles. The van der Waals surface area contributed by atoms with Gasteiger partial charge in [0.15, 0.2) is 0 Å². The molecule has 1 heterocycles. The zero-order valence-electron chi connectivity index (χ0n) is 13.8. The number of thioether (sulfide) groups is 1. The SMILES string of the molecule is Cc1cc(Br)ccc1SCC(=O)N1CCC(C(=O)N(C)C)CC1. The lowest BCUT2D eigenvalue weighted by Gasteiger charge is -2.32. The molecular formula is C17H23BrN2O2S. The second kappa shape index (κ2) is 8.20. The maximum Gasteiger partial charge on any atom is 0.232 e.